The molecular weight excluding hydrogens is 343 g/mol. The number of carbonyl (C=O) groups is 1. The van der Waals surface area contributed by atoms with Crippen LogP contribution in [0.3, 0.4) is 0 Å². The van der Waals surface area contributed by atoms with Crippen LogP contribution in [0.4, 0.5) is 14.9 Å². The largest absolute Gasteiger partial charge is 0.471 e. The van der Waals surface area contributed by atoms with Crippen molar-refractivity contribution in [3.05, 3.63) is 54.6 Å². The van der Waals surface area contributed by atoms with Gasteiger partial charge in [0.1, 0.15) is 24.5 Å². The third-order valence-corrected chi connectivity index (χ3v) is 4.03. The SMILES string of the molecule is Cc1nccn1-c1ccc(N2CC(COc3ccon3)OC2=O)cc1F. The molecule has 1 aromatic carbocycles. The van der Waals surface area contributed by atoms with Gasteiger partial charge in [-0.05, 0) is 30.3 Å². The first-order chi connectivity index (χ1) is 12.6. The van der Waals surface area contributed by atoms with Gasteiger partial charge >= 0.3 is 6.09 Å². The maximum Gasteiger partial charge on any atom is 0.414 e. The highest BCUT2D eigenvalue weighted by Gasteiger charge is 2.33. The smallest absolute Gasteiger partial charge is 0.414 e. The number of benzene rings is 1. The van der Waals surface area contributed by atoms with Gasteiger partial charge in [-0.2, -0.15) is 0 Å². The van der Waals surface area contributed by atoms with Crippen LogP contribution in [0.15, 0.2) is 47.4 Å². The highest BCUT2D eigenvalue weighted by atomic mass is 19.1. The molecule has 3 heterocycles. The molecule has 0 bridgehead atoms. The van der Waals surface area contributed by atoms with Crippen LogP contribution in [-0.4, -0.2) is 40.1 Å². The van der Waals surface area contributed by atoms with Crippen LogP contribution in [0.1, 0.15) is 5.82 Å². The van der Waals surface area contributed by atoms with Gasteiger partial charge in [0, 0.05) is 18.5 Å². The van der Waals surface area contributed by atoms with Crippen LogP contribution in [0.2, 0.25) is 0 Å². The van der Waals surface area contributed by atoms with Crippen molar-refractivity contribution in [2.24, 2.45) is 0 Å². The summed E-state index contributed by atoms with van der Waals surface area (Å²) in [6.07, 6.45) is 3.62. The third kappa shape index (κ3) is 2.99. The Balaban J connectivity index is 1.48. The molecule has 0 saturated carbocycles. The number of aryl methyl sites for hydroxylation is 1. The Hall–Kier alpha value is -3.36. The normalized spacial score (nSPS) is 16.8. The molecule has 1 atom stereocenters. The van der Waals surface area contributed by atoms with Gasteiger partial charge < -0.3 is 18.6 Å². The summed E-state index contributed by atoms with van der Waals surface area (Å²) in [6.45, 7) is 2.16. The molecule has 1 unspecified atom stereocenters. The Kier molecular flexibility index (Phi) is 4.04. The topological polar surface area (TPSA) is 82.6 Å². The number of nitrogens with zero attached hydrogens (tertiary/aromatic N) is 4. The molecule has 0 spiro atoms. The number of imidazole rings is 1. The molecule has 1 fully saturated rings. The van der Waals surface area contributed by atoms with Crippen LogP contribution >= 0.6 is 0 Å². The van der Waals surface area contributed by atoms with E-state index in [2.05, 4.69) is 14.7 Å². The highest BCUT2D eigenvalue weighted by molar-refractivity contribution is 5.89. The zero-order valence-corrected chi connectivity index (χ0v) is 13.8. The minimum atomic E-state index is -0.551. The van der Waals surface area contributed by atoms with Crippen molar-refractivity contribution in [3.8, 4) is 11.6 Å². The van der Waals surface area contributed by atoms with Crippen molar-refractivity contribution in [1.82, 2.24) is 14.7 Å². The van der Waals surface area contributed by atoms with Crippen molar-refractivity contribution in [2.45, 2.75) is 13.0 Å². The molecule has 9 heteroatoms. The minimum Gasteiger partial charge on any atom is -0.471 e. The van der Waals surface area contributed by atoms with Gasteiger partial charge in [-0.25, -0.2) is 14.2 Å². The van der Waals surface area contributed by atoms with E-state index < -0.39 is 18.0 Å². The molecule has 1 saturated heterocycles. The Morgan fingerprint density at radius 1 is 1.38 bits per heavy atom. The second kappa shape index (κ2) is 6.51. The average molecular weight is 358 g/mol. The first kappa shape index (κ1) is 16.1. The number of anilines is 1. The number of aromatic nitrogens is 3. The number of halogens is 1. The third-order valence-electron chi connectivity index (χ3n) is 4.03. The van der Waals surface area contributed by atoms with Gasteiger partial charge in [-0.3, -0.25) is 4.90 Å². The van der Waals surface area contributed by atoms with E-state index in [0.717, 1.165) is 0 Å². The van der Waals surface area contributed by atoms with Crippen molar-refractivity contribution in [1.29, 1.82) is 0 Å². The predicted molar refractivity (Wildman–Crippen MR) is 87.9 cm³/mol. The quantitative estimate of drug-likeness (QED) is 0.697. The summed E-state index contributed by atoms with van der Waals surface area (Å²) in [6, 6.07) is 6.13. The van der Waals surface area contributed by atoms with Gasteiger partial charge in [-0.15, -0.1) is 0 Å². The predicted octanol–water partition coefficient (Wildman–Crippen LogP) is 2.71. The van der Waals surface area contributed by atoms with E-state index in [4.69, 9.17) is 9.47 Å². The molecule has 1 amide bonds. The lowest BCUT2D eigenvalue weighted by molar-refractivity contribution is 0.102. The van der Waals surface area contributed by atoms with Gasteiger partial charge in [0.05, 0.1) is 17.9 Å². The van der Waals surface area contributed by atoms with Crippen LogP contribution in [0, 0.1) is 12.7 Å². The van der Waals surface area contributed by atoms with E-state index in [1.54, 1.807) is 42.1 Å². The molecule has 8 nitrogen and oxygen atoms in total. The number of hydrogen-bond acceptors (Lipinski definition) is 6. The summed E-state index contributed by atoms with van der Waals surface area (Å²) in [7, 11) is 0. The summed E-state index contributed by atoms with van der Waals surface area (Å²) in [5.74, 6) is 0.520. The van der Waals surface area contributed by atoms with Crippen molar-refractivity contribution < 1.29 is 23.2 Å². The minimum absolute atomic E-state index is 0.129. The van der Waals surface area contributed by atoms with E-state index in [9.17, 15) is 9.18 Å². The summed E-state index contributed by atoms with van der Waals surface area (Å²) in [5, 5.41) is 3.62. The lowest BCUT2D eigenvalue weighted by atomic mass is 10.2. The number of amides is 1. The molecule has 26 heavy (non-hydrogen) atoms. The van der Waals surface area contributed by atoms with Crippen LogP contribution in [-0.2, 0) is 4.74 Å². The van der Waals surface area contributed by atoms with E-state index in [1.807, 2.05) is 0 Å². The summed E-state index contributed by atoms with van der Waals surface area (Å²) >= 11 is 0. The van der Waals surface area contributed by atoms with E-state index in [1.165, 1.54) is 17.2 Å². The fourth-order valence-corrected chi connectivity index (χ4v) is 2.77. The maximum absolute atomic E-state index is 14.5. The van der Waals surface area contributed by atoms with Gasteiger partial charge in [0.25, 0.3) is 5.88 Å². The standard InChI is InChI=1S/C17H15FN4O4/c1-11-19-5-6-21(11)15-3-2-12(8-14(15)18)22-9-13(26-17(22)23)10-24-16-4-7-25-20-16/h2-8,13H,9-10H2,1H3. The lowest BCUT2D eigenvalue weighted by Crippen LogP contribution is -2.26. The van der Waals surface area contributed by atoms with Crippen molar-refractivity contribution in [3.63, 3.8) is 0 Å². The highest BCUT2D eigenvalue weighted by Crippen LogP contribution is 2.26. The number of rotatable bonds is 5. The van der Waals surface area contributed by atoms with Gasteiger partial charge in [0.15, 0.2) is 6.10 Å². The van der Waals surface area contributed by atoms with Crippen molar-refractivity contribution >= 4 is 11.8 Å². The fourth-order valence-electron chi connectivity index (χ4n) is 2.77. The molecule has 3 aromatic rings. The van der Waals surface area contributed by atoms with E-state index in [0.29, 0.717) is 23.1 Å². The number of hydrogen-bond donors (Lipinski definition) is 0. The van der Waals surface area contributed by atoms with E-state index in [-0.39, 0.29) is 13.2 Å². The lowest BCUT2D eigenvalue weighted by Gasteiger charge is -2.15. The Labute approximate surface area is 147 Å². The first-order valence-corrected chi connectivity index (χ1v) is 7.93. The Morgan fingerprint density at radius 3 is 2.96 bits per heavy atom. The Morgan fingerprint density at radius 2 is 2.27 bits per heavy atom. The number of ether oxygens (including phenoxy) is 2. The molecule has 0 N–H and O–H groups in total. The molecule has 0 radical (unpaired) electrons. The van der Waals surface area contributed by atoms with Gasteiger partial charge in [-0.1, -0.05) is 0 Å². The first-order valence-electron chi connectivity index (χ1n) is 7.93. The molecule has 2 aromatic heterocycles. The summed E-state index contributed by atoms with van der Waals surface area (Å²) < 4.78 is 31.5. The van der Waals surface area contributed by atoms with E-state index >= 15 is 0 Å². The molecule has 1 aliphatic heterocycles. The zero-order chi connectivity index (χ0) is 18.1. The molecular formula is C17H15FN4O4. The second-order valence-electron chi connectivity index (χ2n) is 5.75. The molecule has 4 rings (SSSR count). The van der Waals surface area contributed by atoms with Crippen LogP contribution < -0.4 is 9.64 Å². The average Bonchev–Trinajstić information content (AvgIpc) is 3.35. The van der Waals surface area contributed by atoms with Crippen molar-refractivity contribution in [2.75, 3.05) is 18.1 Å². The molecule has 1 aliphatic rings. The molecule has 134 valence electrons. The zero-order valence-electron chi connectivity index (χ0n) is 13.8. The van der Waals surface area contributed by atoms with Crippen LogP contribution in [0.5, 0.6) is 5.88 Å². The number of carbonyl (C=O) groups excluding carboxylic acids is 1. The van der Waals surface area contributed by atoms with Gasteiger partial charge in [0.2, 0.25) is 0 Å². The summed E-state index contributed by atoms with van der Waals surface area (Å²) in [4.78, 5) is 17.6. The monoisotopic (exact) mass is 358 g/mol. The maximum atomic E-state index is 14.5. The fraction of sp³-hybridized carbons (Fsp3) is 0.235. The summed E-state index contributed by atoms with van der Waals surface area (Å²) in [5.41, 5.74) is 0.778. The van der Waals surface area contributed by atoms with Crippen LogP contribution in [0.25, 0.3) is 5.69 Å². The Bertz CT molecular complexity index is 925. The second-order valence-corrected chi connectivity index (χ2v) is 5.75. The number of cyclic esters (lactones) is 1. The molecule has 0 aliphatic carbocycles.